The third-order valence-electron chi connectivity index (χ3n) is 1.92. The minimum absolute atomic E-state index is 0.0841. The maximum Gasteiger partial charge on any atom is 0.351 e. The van der Waals surface area contributed by atoms with Crippen LogP contribution in [0.5, 0.6) is 0 Å². The van der Waals surface area contributed by atoms with Crippen molar-refractivity contribution >= 4 is 24.1 Å². The van der Waals surface area contributed by atoms with E-state index in [1.165, 1.54) is 0 Å². The minimum atomic E-state index is -3.64. The molecule has 0 amide bonds. The largest absolute Gasteiger partial charge is 0.463 e. The topological polar surface area (TPSA) is 92.7 Å². The van der Waals surface area contributed by atoms with Crippen LogP contribution < -0.4 is 4.72 Å². The normalized spacial score (nSPS) is 14.4. The van der Waals surface area contributed by atoms with Crippen LogP contribution in [0.4, 0.5) is 0 Å². The van der Waals surface area contributed by atoms with Gasteiger partial charge in [0.15, 0.2) is 0 Å². The van der Waals surface area contributed by atoms with Gasteiger partial charge in [0.05, 0.1) is 12.4 Å². The highest BCUT2D eigenvalue weighted by Gasteiger charge is 2.25. The first-order chi connectivity index (χ1) is 7.57. The Bertz CT molecular complexity index is 349. The van der Waals surface area contributed by atoms with E-state index >= 15 is 0 Å². The molecule has 0 saturated carbocycles. The van der Waals surface area contributed by atoms with Gasteiger partial charge in [0.25, 0.3) is 0 Å². The first-order valence-electron chi connectivity index (χ1n) is 5.42. The molecule has 0 aromatic heterocycles. The van der Waals surface area contributed by atoms with Crippen molar-refractivity contribution in [1.29, 1.82) is 0 Å². The third-order valence-corrected chi connectivity index (χ3v) is 5.36. The second kappa shape index (κ2) is 6.48. The SMILES string of the molecule is CCOC(=O)C(O)NS(=O)(=O)CC[Si](C)(C)C. The Balaban J connectivity index is 4.31. The molecule has 0 aliphatic heterocycles. The molecule has 0 aromatic rings. The van der Waals surface area contributed by atoms with Crippen molar-refractivity contribution in [1.82, 2.24) is 4.72 Å². The maximum absolute atomic E-state index is 11.5. The Kier molecular flexibility index (Phi) is 6.31. The second-order valence-electron chi connectivity index (χ2n) is 4.90. The summed E-state index contributed by atoms with van der Waals surface area (Å²) in [6.45, 7) is 7.80. The lowest BCUT2D eigenvalue weighted by Crippen LogP contribution is -2.43. The average Bonchev–Trinajstić information content (AvgIpc) is 2.14. The summed E-state index contributed by atoms with van der Waals surface area (Å²) in [5.74, 6) is -1.07. The Morgan fingerprint density at radius 3 is 2.35 bits per heavy atom. The molecular formula is C9H21NO5SSi. The zero-order valence-electron chi connectivity index (χ0n) is 10.7. The van der Waals surface area contributed by atoms with Crippen LogP contribution in [0, 0.1) is 0 Å². The van der Waals surface area contributed by atoms with Gasteiger partial charge in [0, 0.05) is 8.07 Å². The molecule has 1 atom stereocenters. The number of carbonyl (C=O) groups excluding carboxylic acids is 1. The van der Waals surface area contributed by atoms with Crippen molar-refractivity contribution in [3.63, 3.8) is 0 Å². The number of ether oxygens (including phenoxy) is 1. The molecule has 0 radical (unpaired) electrons. The Morgan fingerprint density at radius 1 is 1.41 bits per heavy atom. The summed E-state index contributed by atoms with van der Waals surface area (Å²) in [5, 5.41) is 9.26. The second-order valence-corrected chi connectivity index (χ2v) is 12.4. The number of nitrogens with one attached hydrogen (secondary N) is 1. The van der Waals surface area contributed by atoms with Gasteiger partial charge in [0.1, 0.15) is 0 Å². The van der Waals surface area contributed by atoms with E-state index in [2.05, 4.69) is 4.74 Å². The van der Waals surface area contributed by atoms with Crippen molar-refractivity contribution in [3.8, 4) is 0 Å². The average molecular weight is 283 g/mol. The van der Waals surface area contributed by atoms with Gasteiger partial charge < -0.3 is 9.84 Å². The van der Waals surface area contributed by atoms with Crippen LogP contribution in [-0.2, 0) is 19.6 Å². The lowest BCUT2D eigenvalue weighted by Gasteiger charge is -2.17. The molecule has 1 unspecified atom stereocenters. The predicted molar refractivity (Wildman–Crippen MR) is 67.7 cm³/mol. The van der Waals surface area contributed by atoms with Gasteiger partial charge in [-0.05, 0) is 13.0 Å². The number of aliphatic hydroxyl groups is 1. The van der Waals surface area contributed by atoms with Gasteiger partial charge in [-0.25, -0.2) is 13.2 Å². The van der Waals surface area contributed by atoms with Crippen LogP contribution in [0.3, 0.4) is 0 Å². The molecule has 0 heterocycles. The smallest absolute Gasteiger partial charge is 0.351 e. The number of carbonyl (C=O) groups is 1. The molecule has 0 saturated heterocycles. The van der Waals surface area contributed by atoms with Crippen LogP contribution >= 0.6 is 0 Å². The zero-order valence-corrected chi connectivity index (χ0v) is 12.5. The van der Waals surface area contributed by atoms with Gasteiger partial charge in [-0.15, -0.1) is 0 Å². The third kappa shape index (κ3) is 8.30. The molecule has 0 aliphatic rings. The molecule has 0 spiro atoms. The minimum Gasteiger partial charge on any atom is -0.463 e. The van der Waals surface area contributed by atoms with Crippen LogP contribution in [0.1, 0.15) is 6.92 Å². The van der Waals surface area contributed by atoms with E-state index in [0.29, 0.717) is 6.04 Å². The summed E-state index contributed by atoms with van der Waals surface area (Å²) >= 11 is 0. The zero-order chi connectivity index (χ0) is 13.7. The van der Waals surface area contributed by atoms with Crippen molar-refractivity contribution < 1.29 is 23.1 Å². The van der Waals surface area contributed by atoms with Gasteiger partial charge in [-0.1, -0.05) is 19.6 Å². The first-order valence-corrected chi connectivity index (χ1v) is 10.8. The van der Waals surface area contributed by atoms with Crippen molar-refractivity contribution in [2.45, 2.75) is 38.8 Å². The molecule has 0 rings (SSSR count). The summed E-state index contributed by atoms with van der Waals surface area (Å²) < 4.78 is 29.5. The quantitative estimate of drug-likeness (QED) is 0.393. The first kappa shape index (κ1) is 16.6. The maximum atomic E-state index is 11.5. The van der Waals surface area contributed by atoms with Crippen molar-refractivity contribution in [2.24, 2.45) is 0 Å². The summed E-state index contributed by atoms with van der Waals surface area (Å²) in [6, 6.07) is 0.567. The Morgan fingerprint density at radius 2 is 1.94 bits per heavy atom. The van der Waals surface area contributed by atoms with Crippen molar-refractivity contribution in [3.05, 3.63) is 0 Å². The highest BCUT2D eigenvalue weighted by Crippen LogP contribution is 2.09. The molecule has 17 heavy (non-hydrogen) atoms. The van der Waals surface area contributed by atoms with E-state index in [0.717, 1.165) is 0 Å². The van der Waals surface area contributed by atoms with Crippen LogP contribution in [-0.4, -0.2) is 46.2 Å². The summed E-state index contributed by atoms with van der Waals surface area (Å²) in [7, 11) is -5.12. The summed E-state index contributed by atoms with van der Waals surface area (Å²) in [6.07, 6.45) is -1.82. The number of hydrogen-bond acceptors (Lipinski definition) is 5. The molecule has 102 valence electrons. The fourth-order valence-corrected chi connectivity index (χ4v) is 5.02. The molecular weight excluding hydrogens is 262 g/mol. The van der Waals surface area contributed by atoms with E-state index < -0.39 is 30.3 Å². The monoisotopic (exact) mass is 283 g/mol. The van der Waals surface area contributed by atoms with Gasteiger partial charge >= 0.3 is 5.97 Å². The van der Waals surface area contributed by atoms with E-state index in [1.54, 1.807) is 6.92 Å². The number of sulfonamides is 1. The van der Waals surface area contributed by atoms with E-state index in [1.807, 2.05) is 24.4 Å². The highest BCUT2D eigenvalue weighted by molar-refractivity contribution is 7.89. The number of hydrogen-bond donors (Lipinski definition) is 2. The van der Waals surface area contributed by atoms with Crippen LogP contribution in [0.2, 0.25) is 25.7 Å². The number of rotatable bonds is 7. The lowest BCUT2D eigenvalue weighted by molar-refractivity contribution is -0.153. The van der Waals surface area contributed by atoms with Gasteiger partial charge in [-0.3, -0.25) is 0 Å². The summed E-state index contributed by atoms with van der Waals surface area (Å²) in [5.41, 5.74) is 0. The van der Waals surface area contributed by atoms with Crippen LogP contribution in [0.25, 0.3) is 0 Å². The van der Waals surface area contributed by atoms with E-state index in [9.17, 15) is 18.3 Å². The molecule has 0 aromatic carbocycles. The highest BCUT2D eigenvalue weighted by atomic mass is 32.2. The molecule has 0 fully saturated rings. The van der Waals surface area contributed by atoms with E-state index in [4.69, 9.17) is 0 Å². The fourth-order valence-electron chi connectivity index (χ4n) is 0.939. The number of esters is 1. The molecule has 0 bridgehead atoms. The summed E-state index contributed by atoms with van der Waals surface area (Å²) in [4.78, 5) is 11.0. The number of aliphatic hydroxyl groups excluding tert-OH is 1. The predicted octanol–water partition coefficient (Wildman–Crippen LogP) is 0.125. The molecule has 8 heteroatoms. The standard InChI is InChI=1S/C9H21NO5SSi/c1-5-15-9(12)8(11)10-16(13,14)6-7-17(2,3)4/h8,10-11H,5-7H2,1-4H3. The van der Waals surface area contributed by atoms with Gasteiger partial charge in [0.2, 0.25) is 16.3 Å². The van der Waals surface area contributed by atoms with Gasteiger partial charge in [-0.2, -0.15) is 4.72 Å². The molecule has 6 nitrogen and oxygen atoms in total. The Hall–Kier alpha value is -0.443. The lowest BCUT2D eigenvalue weighted by atomic mass is 10.6. The van der Waals surface area contributed by atoms with Crippen LogP contribution in [0.15, 0.2) is 0 Å². The Labute approximate surface area is 103 Å². The molecule has 0 aliphatic carbocycles. The van der Waals surface area contributed by atoms with Crippen molar-refractivity contribution in [2.75, 3.05) is 12.4 Å². The van der Waals surface area contributed by atoms with E-state index in [-0.39, 0.29) is 12.4 Å². The fraction of sp³-hybridized carbons (Fsp3) is 0.889. The molecule has 2 N–H and O–H groups in total.